The molecule has 2 amide bonds. The highest BCUT2D eigenvalue weighted by atomic mass is 16.6. The molecular formula is C21H30N6O3. The minimum Gasteiger partial charge on any atom is -0.391 e. The summed E-state index contributed by atoms with van der Waals surface area (Å²) in [7, 11) is 0. The third-order valence-corrected chi connectivity index (χ3v) is 5.13. The summed E-state index contributed by atoms with van der Waals surface area (Å²) in [6.07, 6.45) is 1.87. The molecule has 1 aliphatic rings. The Hall–Kier alpha value is -2.91. The van der Waals surface area contributed by atoms with Crippen molar-refractivity contribution in [1.82, 2.24) is 19.6 Å². The highest BCUT2D eigenvalue weighted by Gasteiger charge is 2.28. The van der Waals surface area contributed by atoms with Gasteiger partial charge < -0.3 is 26.0 Å². The zero-order chi connectivity index (χ0) is 21.5. The molecule has 9 nitrogen and oxygen atoms in total. The van der Waals surface area contributed by atoms with E-state index in [4.69, 9.17) is 16.2 Å². The number of piperazine rings is 1. The lowest BCUT2D eigenvalue weighted by molar-refractivity contribution is -0.134. The normalized spacial score (nSPS) is 15.2. The van der Waals surface area contributed by atoms with E-state index in [1.165, 1.54) is 0 Å². The molecule has 2 aromatic rings. The Bertz CT molecular complexity index is 846. The number of nitrogens with two attached hydrogens (primary N) is 2. The van der Waals surface area contributed by atoms with Gasteiger partial charge in [0.25, 0.3) is 0 Å². The molecule has 1 aliphatic heterocycles. The molecule has 1 saturated heterocycles. The van der Waals surface area contributed by atoms with Gasteiger partial charge in [-0.1, -0.05) is 24.6 Å². The van der Waals surface area contributed by atoms with Gasteiger partial charge in [-0.3, -0.25) is 4.79 Å². The van der Waals surface area contributed by atoms with E-state index in [-0.39, 0.29) is 5.91 Å². The van der Waals surface area contributed by atoms with Gasteiger partial charge >= 0.3 is 6.09 Å². The minimum absolute atomic E-state index is 0.0715. The van der Waals surface area contributed by atoms with Crippen molar-refractivity contribution in [3.05, 3.63) is 42.1 Å². The number of nitrogens with zero attached hydrogens (tertiary/aromatic N) is 4. The highest BCUT2D eigenvalue weighted by Crippen LogP contribution is 2.20. The number of carbonyl (C=O) groups excluding carboxylic acids is 2. The Balaban J connectivity index is 1.55. The van der Waals surface area contributed by atoms with Crippen LogP contribution >= 0.6 is 0 Å². The van der Waals surface area contributed by atoms with Crippen molar-refractivity contribution in [2.45, 2.75) is 32.2 Å². The second-order valence-corrected chi connectivity index (χ2v) is 7.44. The molecule has 1 aromatic heterocycles. The molecule has 162 valence electrons. The number of rotatable bonds is 7. The summed E-state index contributed by atoms with van der Waals surface area (Å²) in [6, 6.07) is 10.7. The van der Waals surface area contributed by atoms with Gasteiger partial charge in [0.2, 0.25) is 11.8 Å². The average Bonchev–Trinajstić information content (AvgIpc) is 3.14. The van der Waals surface area contributed by atoms with Gasteiger partial charge in [-0.15, -0.1) is 0 Å². The maximum atomic E-state index is 12.7. The van der Waals surface area contributed by atoms with Gasteiger partial charge in [0.15, 0.2) is 0 Å². The number of aromatic nitrogens is 2. The summed E-state index contributed by atoms with van der Waals surface area (Å²) in [4.78, 5) is 28.5. The van der Waals surface area contributed by atoms with Crippen LogP contribution < -0.4 is 16.2 Å². The predicted octanol–water partition coefficient (Wildman–Crippen LogP) is 1.28. The van der Waals surface area contributed by atoms with E-state index in [0.717, 1.165) is 24.2 Å². The van der Waals surface area contributed by atoms with Crippen LogP contribution in [0.15, 0.2) is 36.4 Å². The van der Waals surface area contributed by atoms with E-state index >= 15 is 0 Å². The molecule has 0 spiro atoms. The lowest BCUT2D eigenvalue weighted by atomic mass is 10.1. The third-order valence-electron chi connectivity index (χ3n) is 5.13. The summed E-state index contributed by atoms with van der Waals surface area (Å²) in [6.45, 7) is 4.13. The first-order valence-corrected chi connectivity index (χ1v) is 10.3. The SMILES string of the molecule is Cc1cc(OC(=O)N2CCN(C(=O)[C@@H](N)CCCCN)CC2)n(-c2ccccc2)n1. The summed E-state index contributed by atoms with van der Waals surface area (Å²) < 4.78 is 7.22. The lowest BCUT2D eigenvalue weighted by Crippen LogP contribution is -2.54. The largest absolute Gasteiger partial charge is 0.416 e. The van der Waals surface area contributed by atoms with Crippen LogP contribution in [0.4, 0.5) is 4.79 Å². The molecule has 0 saturated carbocycles. The maximum Gasteiger partial charge on any atom is 0.416 e. The fourth-order valence-electron chi connectivity index (χ4n) is 3.43. The number of hydrogen-bond acceptors (Lipinski definition) is 6. The number of benzene rings is 1. The molecule has 1 atom stereocenters. The first kappa shape index (κ1) is 21.8. The first-order valence-electron chi connectivity index (χ1n) is 10.3. The van der Waals surface area contributed by atoms with Crippen LogP contribution in [-0.4, -0.2) is 70.3 Å². The standard InChI is InChI=1S/C21H30N6O3/c1-16-15-19(27(24-16)17-7-3-2-4-8-17)30-21(29)26-13-11-25(12-14-26)20(28)18(23)9-5-6-10-22/h2-4,7-8,15,18H,5-6,9-14,22-23H2,1H3/t18-/m0/s1. The van der Waals surface area contributed by atoms with Gasteiger partial charge in [-0.25, -0.2) is 9.48 Å². The van der Waals surface area contributed by atoms with Crippen molar-refractivity contribution in [3.8, 4) is 11.6 Å². The topological polar surface area (TPSA) is 120 Å². The molecule has 30 heavy (non-hydrogen) atoms. The monoisotopic (exact) mass is 414 g/mol. The highest BCUT2D eigenvalue weighted by molar-refractivity contribution is 5.82. The number of amides is 2. The number of para-hydroxylation sites is 1. The maximum absolute atomic E-state index is 12.7. The number of carbonyl (C=O) groups is 2. The van der Waals surface area contributed by atoms with Gasteiger partial charge in [0.05, 0.1) is 17.4 Å². The number of ether oxygens (including phenoxy) is 1. The number of aryl methyl sites for hydroxylation is 1. The van der Waals surface area contributed by atoms with Crippen LogP contribution in [0, 0.1) is 6.92 Å². The van der Waals surface area contributed by atoms with Crippen LogP contribution in [0.3, 0.4) is 0 Å². The Morgan fingerprint density at radius 1 is 1.10 bits per heavy atom. The molecular weight excluding hydrogens is 384 g/mol. The molecule has 3 rings (SSSR count). The summed E-state index contributed by atoms with van der Waals surface area (Å²) >= 11 is 0. The smallest absolute Gasteiger partial charge is 0.391 e. The zero-order valence-electron chi connectivity index (χ0n) is 17.4. The molecule has 0 unspecified atom stereocenters. The molecule has 1 aromatic carbocycles. The van der Waals surface area contributed by atoms with Gasteiger partial charge in [-0.05, 0) is 38.4 Å². The average molecular weight is 415 g/mol. The van der Waals surface area contributed by atoms with Crippen LogP contribution in [0.25, 0.3) is 5.69 Å². The Kier molecular flexibility index (Phi) is 7.42. The zero-order valence-corrected chi connectivity index (χ0v) is 17.4. The van der Waals surface area contributed by atoms with E-state index in [2.05, 4.69) is 5.10 Å². The Labute approximate surface area is 176 Å². The Morgan fingerprint density at radius 2 is 1.77 bits per heavy atom. The molecule has 1 fully saturated rings. The third kappa shape index (κ3) is 5.37. The van der Waals surface area contributed by atoms with Gasteiger partial charge in [-0.2, -0.15) is 5.10 Å². The van der Waals surface area contributed by atoms with Crippen molar-refractivity contribution in [2.24, 2.45) is 11.5 Å². The first-order chi connectivity index (χ1) is 14.5. The molecule has 4 N–H and O–H groups in total. The molecule has 0 aliphatic carbocycles. The van der Waals surface area contributed by atoms with E-state index in [0.29, 0.717) is 45.0 Å². The van der Waals surface area contributed by atoms with Crippen molar-refractivity contribution >= 4 is 12.0 Å². The summed E-state index contributed by atoms with van der Waals surface area (Å²) in [5.74, 6) is 0.293. The van der Waals surface area contributed by atoms with Crippen molar-refractivity contribution in [2.75, 3.05) is 32.7 Å². The van der Waals surface area contributed by atoms with Crippen molar-refractivity contribution in [3.63, 3.8) is 0 Å². The lowest BCUT2D eigenvalue weighted by Gasteiger charge is -2.35. The molecule has 0 bridgehead atoms. The minimum atomic E-state index is -0.516. The van der Waals surface area contributed by atoms with E-state index < -0.39 is 12.1 Å². The summed E-state index contributed by atoms with van der Waals surface area (Å²) in [5.41, 5.74) is 13.1. The Morgan fingerprint density at radius 3 is 2.43 bits per heavy atom. The molecule has 9 heteroatoms. The van der Waals surface area contributed by atoms with Gasteiger partial charge in [0.1, 0.15) is 0 Å². The van der Waals surface area contributed by atoms with Crippen molar-refractivity contribution in [1.29, 1.82) is 0 Å². The quantitative estimate of drug-likeness (QED) is 0.659. The van der Waals surface area contributed by atoms with E-state index in [1.54, 1.807) is 20.5 Å². The van der Waals surface area contributed by atoms with E-state index in [9.17, 15) is 9.59 Å². The van der Waals surface area contributed by atoms with Crippen LogP contribution in [0.2, 0.25) is 0 Å². The fourth-order valence-corrected chi connectivity index (χ4v) is 3.43. The van der Waals surface area contributed by atoms with Crippen LogP contribution in [-0.2, 0) is 4.79 Å². The molecule has 0 radical (unpaired) electrons. The van der Waals surface area contributed by atoms with Crippen LogP contribution in [0.1, 0.15) is 25.0 Å². The molecule has 2 heterocycles. The predicted molar refractivity (Wildman–Crippen MR) is 113 cm³/mol. The number of unbranched alkanes of at least 4 members (excludes halogenated alkanes) is 1. The number of hydrogen-bond donors (Lipinski definition) is 2. The van der Waals surface area contributed by atoms with E-state index in [1.807, 2.05) is 37.3 Å². The fraction of sp³-hybridized carbons (Fsp3) is 0.476. The van der Waals surface area contributed by atoms with Crippen molar-refractivity contribution < 1.29 is 14.3 Å². The second-order valence-electron chi connectivity index (χ2n) is 7.44. The van der Waals surface area contributed by atoms with Gasteiger partial charge in [0, 0.05) is 32.2 Å². The summed E-state index contributed by atoms with van der Waals surface area (Å²) in [5, 5.41) is 4.41. The van der Waals surface area contributed by atoms with Crippen LogP contribution in [0.5, 0.6) is 5.88 Å². The second kappa shape index (κ2) is 10.2.